The lowest BCUT2D eigenvalue weighted by molar-refractivity contribution is -0.121. The summed E-state index contributed by atoms with van der Waals surface area (Å²) in [7, 11) is 0. The van der Waals surface area contributed by atoms with E-state index < -0.39 is 0 Å². The average Bonchev–Trinajstić information content (AvgIpc) is 3.10. The number of amides is 3. The van der Waals surface area contributed by atoms with Gasteiger partial charge in [-0.05, 0) is 44.7 Å². The lowest BCUT2D eigenvalue weighted by Gasteiger charge is -2.22. The van der Waals surface area contributed by atoms with Crippen molar-refractivity contribution in [2.24, 2.45) is 5.92 Å². The number of nitrogens with one attached hydrogen (secondary N) is 4. The number of carbonyl (C=O) groups is 2. The zero-order chi connectivity index (χ0) is 16.1. The molecule has 3 rings (SSSR count). The van der Waals surface area contributed by atoms with Crippen LogP contribution in [-0.2, 0) is 4.79 Å². The molecule has 6 nitrogen and oxygen atoms in total. The standard InChI is InChI=1S/C16H28N4O2S/c21-14(18-9-11-5-7-17-8-6-11)4-2-1-3-13-15-12(10-23-13)19-16(22)20-15/h11-13,15,17H,1-10H2,(H,18,21)(H2,19,20,22)/t12-,13-,15-/m0/s1. The van der Waals surface area contributed by atoms with Crippen LogP contribution < -0.4 is 21.3 Å². The predicted molar refractivity (Wildman–Crippen MR) is 92.6 cm³/mol. The molecule has 0 aromatic carbocycles. The van der Waals surface area contributed by atoms with E-state index >= 15 is 0 Å². The van der Waals surface area contributed by atoms with E-state index in [0.717, 1.165) is 44.6 Å². The first-order valence-electron chi connectivity index (χ1n) is 8.88. The van der Waals surface area contributed by atoms with Gasteiger partial charge in [-0.2, -0.15) is 11.8 Å². The normalized spacial score (nSPS) is 30.6. The minimum atomic E-state index is -0.0254. The van der Waals surface area contributed by atoms with E-state index in [9.17, 15) is 9.59 Å². The lowest BCUT2D eigenvalue weighted by Crippen LogP contribution is -2.37. The van der Waals surface area contributed by atoms with Crippen molar-refractivity contribution in [3.8, 4) is 0 Å². The molecule has 0 aliphatic carbocycles. The van der Waals surface area contributed by atoms with Crippen molar-refractivity contribution in [2.45, 2.75) is 55.9 Å². The Bertz CT molecular complexity index is 428. The number of hydrogen-bond donors (Lipinski definition) is 4. The molecule has 3 saturated heterocycles. The minimum absolute atomic E-state index is 0.0254. The van der Waals surface area contributed by atoms with Crippen LogP contribution in [0.3, 0.4) is 0 Å². The molecule has 7 heteroatoms. The Labute approximate surface area is 142 Å². The maximum atomic E-state index is 11.9. The van der Waals surface area contributed by atoms with E-state index in [-0.39, 0.29) is 18.0 Å². The lowest BCUT2D eigenvalue weighted by atomic mass is 9.98. The highest BCUT2D eigenvalue weighted by Gasteiger charge is 2.42. The van der Waals surface area contributed by atoms with Gasteiger partial charge in [0.05, 0.1) is 12.1 Å². The maximum Gasteiger partial charge on any atom is 0.315 e. The van der Waals surface area contributed by atoms with Gasteiger partial charge in [0, 0.05) is 24.0 Å². The van der Waals surface area contributed by atoms with Crippen LogP contribution in [-0.4, -0.2) is 54.7 Å². The minimum Gasteiger partial charge on any atom is -0.356 e. The van der Waals surface area contributed by atoms with Crippen molar-refractivity contribution in [1.29, 1.82) is 0 Å². The molecule has 3 fully saturated rings. The van der Waals surface area contributed by atoms with Gasteiger partial charge in [0.2, 0.25) is 5.91 Å². The van der Waals surface area contributed by atoms with Gasteiger partial charge in [-0.3, -0.25) is 4.79 Å². The number of carbonyl (C=O) groups excluding carboxylic acids is 2. The fraction of sp³-hybridized carbons (Fsp3) is 0.875. The smallest absolute Gasteiger partial charge is 0.315 e. The number of fused-ring (bicyclic) bond motifs is 1. The summed E-state index contributed by atoms with van der Waals surface area (Å²) in [6.07, 6.45) is 6.03. The Kier molecular flexibility index (Phi) is 6.05. The summed E-state index contributed by atoms with van der Waals surface area (Å²) in [4.78, 5) is 23.2. The molecule has 3 amide bonds. The van der Waals surface area contributed by atoms with Crippen LogP contribution in [0.25, 0.3) is 0 Å². The molecule has 4 N–H and O–H groups in total. The quantitative estimate of drug-likeness (QED) is 0.409. The van der Waals surface area contributed by atoms with E-state index in [0.29, 0.717) is 23.6 Å². The second kappa shape index (κ2) is 8.24. The zero-order valence-electron chi connectivity index (χ0n) is 13.6. The second-order valence-electron chi connectivity index (χ2n) is 6.87. The van der Waals surface area contributed by atoms with Crippen LogP contribution in [0, 0.1) is 5.92 Å². The molecule has 0 radical (unpaired) electrons. The molecule has 0 aromatic heterocycles. The van der Waals surface area contributed by atoms with Crippen LogP contribution in [0.5, 0.6) is 0 Å². The van der Waals surface area contributed by atoms with Gasteiger partial charge < -0.3 is 21.3 Å². The summed E-state index contributed by atoms with van der Waals surface area (Å²) in [5.41, 5.74) is 0. The molecule has 0 aromatic rings. The van der Waals surface area contributed by atoms with Crippen LogP contribution in [0.15, 0.2) is 0 Å². The van der Waals surface area contributed by atoms with Crippen molar-refractivity contribution < 1.29 is 9.59 Å². The third kappa shape index (κ3) is 4.76. The highest BCUT2D eigenvalue weighted by atomic mass is 32.2. The molecule has 0 spiro atoms. The predicted octanol–water partition coefficient (Wildman–Crippen LogP) is 0.828. The SMILES string of the molecule is O=C(CCCC[C@@H]1SC[C@@H]2NC(=O)N[C@@H]21)NCC1CCNCC1. The van der Waals surface area contributed by atoms with Crippen molar-refractivity contribution in [3.05, 3.63) is 0 Å². The number of rotatable bonds is 7. The summed E-state index contributed by atoms with van der Waals surface area (Å²) in [5.74, 6) is 1.84. The summed E-state index contributed by atoms with van der Waals surface area (Å²) < 4.78 is 0. The Balaban J connectivity index is 1.25. The van der Waals surface area contributed by atoms with E-state index in [2.05, 4.69) is 21.3 Å². The Morgan fingerprint density at radius 3 is 2.87 bits per heavy atom. The topological polar surface area (TPSA) is 82.3 Å². The summed E-state index contributed by atoms with van der Waals surface area (Å²) >= 11 is 1.94. The number of urea groups is 1. The monoisotopic (exact) mass is 340 g/mol. The van der Waals surface area contributed by atoms with Crippen molar-refractivity contribution in [2.75, 3.05) is 25.4 Å². The van der Waals surface area contributed by atoms with Crippen LogP contribution in [0.1, 0.15) is 38.5 Å². The first-order chi connectivity index (χ1) is 11.2. The second-order valence-corrected chi connectivity index (χ2v) is 8.14. The zero-order valence-corrected chi connectivity index (χ0v) is 14.4. The van der Waals surface area contributed by atoms with Gasteiger partial charge in [0.15, 0.2) is 0 Å². The first-order valence-corrected chi connectivity index (χ1v) is 9.93. The van der Waals surface area contributed by atoms with Crippen molar-refractivity contribution in [1.82, 2.24) is 21.3 Å². The largest absolute Gasteiger partial charge is 0.356 e. The summed E-state index contributed by atoms with van der Waals surface area (Å²) in [5, 5.41) is 12.9. The van der Waals surface area contributed by atoms with E-state index in [1.807, 2.05) is 11.8 Å². The molecule has 0 bridgehead atoms. The summed E-state index contributed by atoms with van der Waals surface area (Å²) in [6.45, 7) is 2.99. The molecular weight excluding hydrogens is 312 g/mol. The van der Waals surface area contributed by atoms with E-state index in [1.54, 1.807) is 0 Å². The van der Waals surface area contributed by atoms with Crippen molar-refractivity contribution in [3.63, 3.8) is 0 Å². The fourth-order valence-corrected chi connectivity index (χ4v) is 5.25. The van der Waals surface area contributed by atoms with Crippen LogP contribution in [0.4, 0.5) is 4.79 Å². The van der Waals surface area contributed by atoms with Crippen LogP contribution in [0.2, 0.25) is 0 Å². The number of unbranched alkanes of at least 4 members (excludes halogenated alkanes) is 1. The Morgan fingerprint density at radius 2 is 2.04 bits per heavy atom. The van der Waals surface area contributed by atoms with E-state index in [4.69, 9.17) is 0 Å². The third-order valence-electron chi connectivity index (χ3n) is 5.13. The Hall–Kier alpha value is -0.950. The fourth-order valence-electron chi connectivity index (χ4n) is 3.71. The molecule has 23 heavy (non-hydrogen) atoms. The van der Waals surface area contributed by atoms with Crippen LogP contribution >= 0.6 is 11.8 Å². The highest BCUT2D eigenvalue weighted by molar-refractivity contribution is 8.00. The maximum absolute atomic E-state index is 11.9. The van der Waals surface area contributed by atoms with Gasteiger partial charge in [-0.25, -0.2) is 4.79 Å². The van der Waals surface area contributed by atoms with Gasteiger partial charge in [0.25, 0.3) is 0 Å². The first kappa shape index (κ1) is 16.9. The Morgan fingerprint density at radius 1 is 1.22 bits per heavy atom. The molecule has 0 unspecified atom stereocenters. The molecule has 3 aliphatic rings. The molecule has 3 aliphatic heterocycles. The average molecular weight is 340 g/mol. The molecule has 3 heterocycles. The van der Waals surface area contributed by atoms with Gasteiger partial charge in [-0.1, -0.05) is 6.42 Å². The van der Waals surface area contributed by atoms with Gasteiger partial charge in [0.1, 0.15) is 0 Å². The molecule has 130 valence electrons. The number of piperidine rings is 1. The van der Waals surface area contributed by atoms with Gasteiger partial charge >= 0.3 is 6.03 Å². The number of thioether (sulfide) groups is 1. The number of hydrogen-bond acceptors (Lipinski definition) is 4. The summed E-state index contributed by atoms with van der Waals surface area (Å²) in [6, 6.07) is 0.551. The molecule has 3 atom stereocenters. The van der Waals surface area contributed by atoms with Crippen molar-refractivity contribution >= 4 is 23.7 Å². The van der Waals surface area contributed by atoms with Gasteiger partial charge in [-0.15, -0.1) is 0 Å². The van der Waals surface area contributed by atoms with E-state index in [1.165, 1.54) is 12.8 Å². The third-order valence-corrected chi connectivity index (χ3v) is 6.64. The molecule has 0 saturated carbocycles. The highest BCUT2D eigenvalue weighted by Crippen LogP contribution is 2.33. The molecular formula is C16H28N4O2S.